The molecule has 5 rings (SSSR count). The van der Waals surface area contributed by atoms with Crippen molar-refractivity contribution in [2.24, 2.45) is 0 Å². The van der Waals surface area contributed by atoms with Crippen molar-refractivity contribution in [2.75, 3.05) is 18.4 Å². The Kier molecular flexibility index (Phi) is 6.97. The third-order valence-electron chi connectivity index (χ3n) is 6.48. The summed E-state index contributed by atoms with van der Waals surface area (Å²) in [6.45, 7) is 5.21. The predicted molar refractivity (Wildman–Crippen MR) is 134 cm³/mol. The van der Waals surface area contributed by atoms with Crippen LogP contribution in [-0.2, 0) is 19.6 Å². The van der Waals surface area contributed by atoms with Crippen molar-refractivity contribution in [3.8, 4) is 11.4 Å². The van der Waals surface area contributed by atoms with Crippen LogP contribution in [0.3, 0.4) is 0 Å². The molecular weight excluding hydrogens is 463 g/mol. The van der Waals surface area contributed by atoms with Gasteiger partial charge in [-0.1, -0.05) is 17.3 Å². The molecule has 0 aliphatic carbocycles. The number of carbonyl (C=O) groups is 1. The number of carbonyl (C=O) groups excluding carboxylic acids is 1. The summed E-state index contributed by atoms with van der Waals surface area (Å²) in [5.74, 6) is 0.706. The van der Waals surface area contributed by atoms with E-state index in [9.17, 15) is 14.3 Å². The fourth-order valence-electron chi connectivity index (χ4n) is 4.45. The van der Waals surface area contributed by atoms with Crippen molar-refractivity contribution in [3.63, 3.8) is 0 Å². The quantitative estimate of drug-likeness (QED) is 0.358. The van der Waals surface area contributed by atoms with Crippen LogP contribution in [0.25, 0.3) is 22.3 Å². The monoisotopic (exact) mass is 492 g/mol. The van der Waals surface area contributed by atoms with Gasteiger partial charge in [-0.05, 0) is 55.7 Å². The Morgan fingerprint density at radius 1 is 1.19 bits per heavy atom. The highest BCUT2D eigenvalue weighted by atomic mass is 19.1. The van der Waals surface area contributed by atoms with Crippen molar-refractivity contribution >= 4 is 22.6 Å². The summed E-state index contributed by atoms with van der Waals surface area (Å²) >= 11 is 0. The first-order valence-corrected chi connectivity index (χ1v) is 12.1. The molecule has 3 heterocycles. The average molecular weight is 493 g/mol. The Balaban J connectivity index is 1.31. The van der Waals surface area contributed by atoms with Gasteiger partial charge in [-0.3, -0.25) is 4.90 Å². The maximum Gasteiger partial charge on any atom is 0.319 e. The number of aromatic nitrogens is 3. The Morgan fingerprint density at radius 3 is 2.72 bits per heavy atom. The molecule has 3 N–H and O–H groups in total. The highest BCUT2D eigenvalue weighted by Crippen LogP contribution is 2.30. The van der Waals surface area contributed by atoms with E-state index in [0.29, 0.717) is 23.9 Å². The molecule has 4 aromatic rings. The lowest BCUT2D eigenvalue weighted by Crippen LogP contribution is -2.35. The lowest BCUT2D eigenvalue weighted by Gasteiger charge is -2.27. The van der Waals surface area contributed by atoms with Crippen LogP contribution in [0.4, 0.5) is 14.9 Å². The smallest absolute Gasteiger partial charge is 0.319 e. The minimum atomic E-state index is -0.353. The third-order valence-corrected chi connectivity index (χ3v) is 6.48. The van der Waals surface area contributed by atoms with Gasteiger partial charge in [-0.15, -0.1) is 0 Å². The number of nitrogens with one attached hydrogen (secondary N) is 2. The minimum Gasteiger partial charge on any atom is -0.393 e. The van der Waals surface area contributed by atoms with Crippen LogP contribution in [0.1, 0.15) is 31.2 Å². The zero-order chi connectivity index (χ0) is 25.1. The summed E-state index contributed by atoms with van der Waals surface area (Å²) in [5, 5.41) is 20.5. The van der Waals surface area contributed by atoms with Crippen LogP contribution in [0.15, 0.2) is 53.2 Å². The summed E-state index contributed by atoms with van der Waals surface area (Å²) in [7, 11) is 0. The maximum absolute atomic E-state index is 13.1. The number of rotatable bonds is 7. The highest BCUT2D eigenvalue weighted by Gasteiger charge is 2.20. The van der Waals surface area contributed by atoms with E-state index in [2.05, 4.69) is 30.2 Å². The van der Waals surface area contributed by atoms with Gasteiger partial charge in [0.2, 0.25) is 11.7 Å². The number of anilines is 1. The Morgan fingerprint density at radius 2 is 1.97 bits per heavy atom. The maximum atomic E-state index is 13.1. The first-order valence-electron chi connectivity index (χ1n) is 12.1. The fourth-order valence-corrected chi connectivity index (χ4v) is 4.45. The number of likely N-dealkylation sites (tertiary alicyclic amines) is 1. The van der Waals surface area contributed by atoms with Gasteiger partial charge in [0.15, 0.2) is 0 Å². The van der Waals surface area contributed by atoms with Crippen LogP contribution < -0.4 is 10.6 Å². The van der Waals surface area contributed by atoms with Crippen molar-refractivity contribution < 1.29 is 18.8 Å². The van der Waals surface area contributed by atoms with Crippen LogP contribution in [0.2, 0.25) is 0 Å². The van der Waals surface area contributed by atoms with E-state index in [0.717, 1.165) is 54.5 Å². The molecule has 188 valence electrons. The lowest BCUT2D eigenvalue weighted by molar-refractivity contribution is 0.0740. The lowest BCUT2D eigenvalue weighted by atomic mass is 10.1. The largest absolute Gasteiger partial charge is 0.393 e. The topological polar surface area (TPSA) is 108 Å². The van der Waals surface area contributed by atoms with Gasteiger partial charge in [-0.25, -0.2) is 9.18 Å². The molecule has 10 heteroatoms. The molecule has 0 saturated carbocycles. The number of benzene rings is 2. The third kappa shape index (κ3) is 5.39. The molecule has 2 aromatic carbocycles. The van der Waals surface area contributed by atoms with E-state index < -0.39 is 0 Å². The summed E-state index contributed by atoms with van der Waals surface area (Å²) in [4.78, 5) is 19.4. The molecule has 36 heavy (non-hydrogen) atoms. The van der Waals surface area contributed by atoms with Gasteiger partial charge in [0, 0.05) is 43.3 Å². The standard InChI is InChI=1S/C26H29FN6O3/c1-2-33-15-22(29-26(35)28-14-17-3-6-19(27)7-4-17)21-13-18(5-8-23(21)33)25-30-24(36-31-25)16-32-11-9-20(34)10-12-32/h3-8,13,15,20,34H,2,9-12,14,16H2,1H3,(H2,28,29,35). The van der Waals surface area contributed by atoms with E-state index in [-0.39, 0.29) is 24.5 Å². The van der Waals surface area contributed by atoms with E-state index in [1.165, 1.54) is 12.1 Å². The number of urea groups is 1. The van der Waals surface area contributed by atoms with Crippen LogP contribution in [0.5, 0.6) is 0 Å². The van der Waals surface area contributed by atoms with Crippen molar-refractivity contribution in [3.05, 3.63) is 65.9 Å². The zero-order valence-corrected chi connectivity index (χ0v) is 20.1. The van der Waals surface area contributed by atoms with Gasteiger partial charge < -0.3 is 24.8 Å². The molecule has 2 aromatic heterocycles. The van der Waals surface area contributed by atoms with Crippen molar-refractivity contribution in [2.45, 2.75) is 45.5 Å². The number of halogens is 1. The van der Waals surface area contributed by atoms with Gasteiger partial charge in [0.25, 0.3) is 0 Å². The van der Waals surface area contributed by atoms with Gasteiger partial charge >= 0.3 is 6.03 Å². The summed E-state index contributed by atoms with van der Waals surface area (Å²) < 4.78 is 20.7. The van der Waals surface area contributed by atoms with Gasteiger partial charge in [0.05, 0.1) is 23.9 Å². The Hall–Kier alpha value is -3.76. The molecule has 2 amide bonds. The Bertz CT molecular complexity index is 1340. The molecule has 1 saturated heterocycles. The predicted octanol–water partition coefficient (Wildman–Crippen LogP) is 4.13. The number of nitrogens with zero attached hydrogens (tertiary/aromatic N) is 4. The second-order valence-corrected chi connectivity index (χ2v) is 9.01. The highest BCUT2D eigenvalue weighted by molar-refractivity contribution is 6.02. The normalized spacial score (nSPS) is 14.9. The average Bonchev–Trinajstić information content (AvgIpc) is 3.49. The van der Waals surface area contributed by atoms with Gasteiger partial charge in [-0.2, -0.15) is 4.98 Å². The number of aliphatic hydroxyl groups is 1. The Labute approximate surface area is 207 Å². The van der Waals surface area contributed by atoms with E-state index in [1.54, 1.807) is 12.1 Å². The van der Waals surface area contributed by atoms with Crippen LogP contribution >= 0.6 is 0 Å². The number of piperidine rings is 1. The molecule has 0 radical (unpaired) electrons. The number of hydrogen-bond donors (Lipinski definition) is 3. The molecule has 0 unspecified atom stereocenters. The molecule has 0 spiro atoms. The number of amides is 2. The number of aliphatic hydroxyl groups excluding tert-OH is 1. The van der Waals surface area contributed by atoms with E-state index in [1.807, 2.05) is 31.3 Å². The van der Waals surface area contributed by atoms with Crippen LogP contribution in [0, 0.1) is 5.82 Å². The first-order chi connectivity index (χ1) is 17.5. The van der Waals surface area contributed by atoms with E-state index >= 15 is 0 Å². The zero-order valence-electron chi connectivity index (χ0n) is 20.1. The number of aryl methyl sites for hydroxylation is 1. The first kappa shape index (κ1) is 24.0. The molecule has 1 aliphatic heterocycles. The second kappa shape index (κ2) is 10.5. The minimum absolute atomic E-state index is 0.227. The van der Waals surface area contributed by atoms with Crippen molar-refractivity contribution in [1.82, 2.24) is 24.9 Å². The summed E-state index contributed by atoms with van der Waals surface area (Å²) in [5.41, 5.74) is 3.24. The summed E-state index contributed by atoms with van der Waals surface area (Å²) in [6, 6.07) is 11.5. The molecule has 9 nitrogen and oxygen atoms in total. The SMILES string of the molecule is CCn1cc(NC(=O)NCc2ccc(F)cc2)c2cc(-c3noc(CN4CCC(O)CC4)n3)ccc21. The number of hydrogen-bond acceptors (Lipinski definition) is 6. The van der Waals surface area contributed by atoms with Crippen molar-refractivity contribution in [1.29, 1.82) is 0 Å². The summed E-state index contributed by atoms with van der Waals surface area (Å²) in [6.07, 6.45) is 3.17. The second-order valence-electron chi connectivity index (χ2n) is 9.01. The molecule has 1 fully saturated rings. The van der Waals surface area contributed by atoms with E-state index in [4.69, 9.17) is 4.52 Å². The molecular formula is C26H29FN6O3. The van der Waals surface area contributed by atoms with Crippen LogP contribution in [-0.4, -0.2) is 49.9 Å². The molecule has 0 bridgehead atoms. The fraction of sp³-hybridized carbons (Fsp3) is 0.346. The number of fused-ring (bicyclic) bond motifs is 1. The molecule has 0 atom stereocenters. The molecule has 1 aliphatic rings. The van der Waals surface area contributed by atoms with Gasteiger partial charge in [0.1, 0.15) is 5.82 Å².